The minimum Gasteiger partial charge on any atom is -0.296 e. The predicted octanol–water partition coefficient (Wildman–Crippen LogP) is 3.18. The number of carbonyl (C=O) groups excluding carboxylic acids is 1. The number of benzene rings is 1. The van der Waals surface area contributed by atoms with Crippen molar-refractivity contribution in [1.29, 1.82) is 0 Å². The van der Waals surface area contributed by atoms with Crippen LogP contribution in [0.25, 0.3) is 17.1 Å². The van der Waals surface area contributed by atoms with Crippen molar-refractivity contribution in [2.75, 3.05) is 5.32 Å². The fraction of sp³-hybridized carbons (Fsp3) is 0. The minimum atomic E-state index is -0.443. The summed E-state index contributed by atoms with van der Waals surface area (Å²) in [6.45, 7) is 0. The number of amides is 1. The van der Waals surface area contributed by atoms with Crippen LogP contribution >= 0.6 is 11.3 Å². The van der Waals surface area contributed by atoms with Crippen LogP contribution in [-0.4, -0.2) is 30.9 Å². The van der Waals surface area contributed by atoms with Crippen molar-refractivity contribution in [2.24, 2.45) is 0 Å². The van der Waals surface area contributed by atoms with E-state index in [1.807, 2.05) is 18.2 Å². The number of nitrogens with zero attached hydrogens (tertiary/aromatic N) is 5. The predicted molar refractivity (Wildman–Crippen MR) is 94.6 cm³/mol. The van der Waals surface area contributed by atoms with Crippen LogP contribution in [0.2, 0.25) is 0 Å². The zero-order valence-corrected chi connectivity index (χ0v) is 14.0. The van der Waals surface area contributed by atoms with Crippen molar-refractivity contribution in [2.45, 2.75) is 0 Å². The maximum Gasteiger partial charge on any atom is 0.277 e. The van der Waals surface area contributed by atoms with Crippen molar-refractivity contribution in [3.05, 3.63) is 71.7 Å². The molecule has 0 atom stereocenters. The van der Waals surface area contributed by atoms with E-state index in [1.54, 1.807) is 17.6 Å². The standard InChI is InChI=1S/C17H11FN6OS/c18-11-4-3-5-12(8-11)24-15(9-20-23-24)16(25)22-17-21-14(10-26-17)13-6-1-2-7-19-13/h1-10H,(H,21,22,25). The molecule has 7 nitrogen and oxygen atoms in total. The summed E-state index contributed by atoms with van der Waals surface area (Å²) in [5.74, 6) is -0.870. The van der Waals surface area contributed by atoms with Crippen LogP contribution in [0, 0.1) is 5.82 Å². The van der Waals surface area contributed by atoms with Crippen molar-refractivity contribution in [3.63, 3.8) is 0 Å². The molecule has 0 saturated carbocycles. The Bertz CT molecular complexity index is 1060. The summed E-state index contributed by atoms with van der Waals surface area (Å²) in [6, 6.07) is 11.3. The number of halogens is 1. The van der Waals surface area contributed by atoms with Gasteiger partial charge in [0.1, 0.15) is 11.5 Å². The van der Waals surface area contributed by atoms with Crippen molar-refractivity contribution >= 4 is 22.4 Å². The normalized spacial score (nSPS) is 10.7. The number of pyridine rings is 1. The Labute approximate surface area is 151 Å². The number of aromatic nitrogens is 5. The van der Waals surface area contributed by atoms with Crippen molar-refractivity contribution < 1.29 is 9.18 Å². The molecular formula is C17H11FN6OS. The maximum absolute atomic E-state index is 13.4. The molecule has 4 aromatic rings. The second-order valence-electron chi connectivity index (χ2n) is 5.22. The lowest BCUT2D eigenvalue weighted by Crippen LogP contribution is -2.17. The molecule has 0 aliphatic rings. The van der Waals surface area contributed by atoms with Crippen LogP contribution in [0.5, 0.6) is 0 Å². The highest BCUT2D eigenvalue weighted by Gasteiger charge is 2.17. The fourth-order valence-corrected chi connectivity index (χ4v) is 3.01. The van der Waals surface area contributed by atoms with E-state index >= 15 is 0 Å². The first-order valence-electron chi connectivity index (χ1n) is 7.55. The zero-order valence-electron chi connectivity index (χ0n) is 13.2. The van der Waals surface area contributed by atoms with Crippen LogP contribution in [0.4, 0.5) is 9.52 Å². The molecule has 0 radical (unpaired) electrons. The smallest absolute Gasteiger partial charge is 0.277 e. The first-order valence-corrected chi connectivity index (χ1v) is 8.43. The van der Waals surface area contributed by atoms with Gasteiger partial charge >= 0.3 is 0 Å². The summed E-state index contributed by atoms with van der Waals surface area (Å²) < 4.78 is 14.7. The van der Waals surface area contributed by atoms with Gasteiger partial charge in [-0.3, -0.25) is 15.1 Å². The summed E-state index contributed by atoms with van der Waals surface area (Å²) in [5.41, 5.74) is 1.96. The molecular weight excluding hydrogens is 355 g/mol. The van der Waals surface area contributed by atoms with Crippen molar-refractivity contribution in [1.82, 2.24) is 25.0 Å². The summed E-state index contributed by atoms with van der Waals surface area (Å²) in [6.07, 6.45) is 2.99. The van der Waals surface area contributed by atoms with E-state index in [4.69, 9.17) is 0 Å². The fourth-order valence-electron chi connectivity index (χ4n) is 2.31. The highest BCUT2D eigenvalue weighted by Crippen LogP contribution is 2.23. The number of thiazole rings is 1. The quantitative estimate of drug-likeness (QED) is 0.600. The van der Waals surface area contributed by atoms with Crippen molar-refractivity contribution in [3.8, 4) is 17.1 Å². The number of rotatable bonds is 4. The molecule has 0 aliphatic carbocycles. The topological polar surface area (TPSA) is 85.6 Å². The molecule has 0 spiro atoms. The molecule has 0 unspecified atom stereocenters. The summed E-state index contributed by atoms with van der Waals surface area (Å²) in [4.78, 5) is 21.1. The molecule has 1 amide bonds. The maximum atomic E-state index is 13.4. The van der Waals surface area contributed by atoms with Gasteiger partial charge in [0.15, 0.2) is 10.8 Å². The van der Waals surface area contributed by atoms with E-state index in [9.17, 15) is 9.18 Å². The van der Waals surface area contributed by atoms with E-state index < -0.39 is 11.7 Å². The zero-order chi connectivity index (χ0) is 17.9. The number of hydrogen-bond donors (Lipinski definition) is 1. The molecule has 0 aliphatic heterocycles. The lowest BCUT2D eigenvalue weighted by Gasteiger charge is -2.05. The highest BCUT2D eigenvalue weighted by molar-refractivity contribution is 7.14. The largest absolute Gasteiger partial charge is 0.296 e. The van der Waals surface area contributed by atoms with Gasteiger partial charge in [-0.25, -0.2) is 14.1 Å². The first-order chi connectivity index (χ1) is 12.7. The second kappa shape index (κ2) is 6.81. The number of hydrogen-bond acceptors (Lipinski definition) is 6. The summed E-state index contributed by atoms with van der Waals surface area (Å²) in [5, 5.41) is 12.5. The molecule has 0 bridgehead atoms. The molecule has 1 aromatic carbocycles. The van der Waals surface area contributed by atoms with Crippen LogP contribution in [0.3, 0.4) is 0 Å². The van der Waals surface area contributed by atoms with Gasteiger partial charge in [0.05, 0.1) is 17.6 Å². The van der Waals surface area contributed by atoms with Gasteiger partial charge in [-0.15, -0.1) is 16.4 Å². The minimum absolute atomic E-state index is 0.171. The average Bonchev–Trinajstić information content (AvgIpc) is 3.32. The summed E-state index contributed by atoms with van der Waals surface area (Å²) in [7, 11) is 0. The van der Waals surface area contributed by atoms with Crippen LogP contribution in [0.15, 0.2) is 60.2 Å². The summed E-state index contributed by atoms with van der Waals surface area (Å²) >= 11 is 1.28. The van der Waals surface area contributed by atoms with Crippen LogP contribution in [-0.2, 0) is 0 Å². The number of nitrogens with one attached hydrogen (secondary N) is 1. The van der Waals surface area contributed by atoms with Gasteiger partial charge < -0.3 is 0 Å². The lowest BCUT2D eigenvalue weighted by molar-refractivity contribution is 0.101. The Morgan fingerprint density at radius 1 is 1.15 bits per heavy atom. The molecule has 1 N–H and O–H groups in total. The molecule has 0 saturated heterocycles. The molecule has 4 rings (SSSR count). The van der Waals surface area contributed by atoms with Gasteiger partial charge in [0, 0.05) is 11.6 Å². The Hall–Kier alpha value is -3.46. The molecule has 9 heteroatoms. The highest BCUT2D eigenvalue weighted by atomic mass is 32.1. The number of anilines is 1. The average molecular weight is 366 g/mol. The third-order valence-electron chi connectivity index (χ3n) is 3.49. The Morgan fingerprint density at radius 3 is 2.88 bits per heavy atom. The Kier molecular flexibility index (Phi) is 4.20. The van der Waals surface area contributed by atoms with Gasteiger partial charge in [-0.2, -0.15) is 0 Å². The van der Waals surface area contributed by atoms with Gasteiger partial charge in [-0.05, 0) is 30.3 Å². The molecule has 26 heavy (non-hydrogen) atoms. The third kappa shape index (κ3) is 3.20. The van der Waals surface area contributed by atoms with E-state index in [2.05, 4.69) is 25.6 Å². The van der Waals surface area contributed by atoms with Gasteiger partial charge in [0.2, 0.25) is 0 Å². The van der Waals surface area contributed by atoms with E-state index in [-0.39, 0.29) is 5.69 Å². The van der Waals surface area contributed by atoms with Crippen LogP contribution < -0.4 is 5.32 Å². The molecule has 3 heterocycles. The SMILES string of the molecule is O=C(Nc1nc(-c2ccccn2)cs1)c1cnnn1-c1cccc(F)c1. The second-order valence-corrected chi connectivity index (χ2v) is 6.08. The molecule has 0 fully saturated rings. The molecule has 3 aromatic heterocycles. The Balaban J connectivity index is 1.57. The Morgan fingerprint density at radius 2 is 2.08 bits per heavy atom. The van der Waals surface area contributed by atoms with E-state index in [0.717, 1.165) is 5.69 Å². The molecule has 128 valence electrons. The van der Waals surface area contributed by atoms with Gasteiger partial charge in [-0.1, -0.05) is 17.3 Å². The van der Waals surface area contributed by atoms with E-state index in [0.29, 0.717) is 16.5 Å². The first kappa shape index (κ1) is 16.0. The van der Waals surface area contributed by atoms with Crippen LogP contribution in [0.1, 0.15) is 10.5 Å². The lowest BCUT2D eigenvalue weighted by atomic mass is 10.3. The monoisotopic (exact) mass is 366 g/mol. The van der Waals surface area contributed by atoms with Gasteiger partial charge in [0.25, 0.3) is 5.91 Å². The van der Waals surface area contributed by atoms with E-state index in [1.165, 1.54) is 40.4 Å². The number of carbonyl (C=O) groups is 1. The third-order valence-corrected chi connectivity index (χ3v) is 4.24.